The molecule has 0 aromatic heterocycles. The first-order valence-corrected chi connectivity index (χ1v) is 5.68. The van der Waals surface area contributed by atoms with E-state index >= 15 is 0 Å². The van der Waals surface area contributed by atoms with Crippen LogP contribution in [0.1, 0.15) is 12.5 Å². The third-order valence-corrected chi connectivity index (χ3v) is 2.54. The van der Waals surface area contributed by atoms with Gasteiger partial charge in [0.05, 0.1) is 7.11 Å². The molecule has 2 amide bonds. The van der Waals surface area contributed by atoms with Crippen molar-refractivity contribution >= 4 is 11.8 Å². The van der Waals surface area contributed by atoms with E-state index in [1.807, 2.05) is 24.3 Å². The van der Waals surface area contributed by atoms with E-state index in [1.165, 1.54) is 6.92 Å². The molecule has 1 atom stereocenters. The number of nitrogens with one attached hydrogen (secondary N) is 2. The zero-order valence-corrected chi connectivity index (χ0v) is 10.8. The van der Waals surface area contributed by atoms with E-state index < -0.39 is 6.04 Å². The van der Waals surface area contributed by atoms with Gasteiger partial charge in [0.15, 0.2) is 0 Å². The number of hydrogen-bond donors (Lipinski definition) is 2. The maximum Gasteiger partial charge on any atom is 0.242 e. The van der Waals surface area contributed by atoms with Crippen molar-refractivity contribution in [2.24, 2.45) is 0 Å². The van der Waals surface area contributed by atoms with Crippen molar-refractivity contribution in [3.8, 4) is 5.75 Å². The molecule has 0 unspecified atom stereocenters. The van der Waals surface area contributed by atoms with Gasteiger partial charge in [0, 0.05) is 20.4 Å². The highest BCUT2D eigenvalue weighted by Crippen LogP contribution is 2.12. The van der Waals surface area contributed by atoms with E-state index in [-0.39, 0.29) is 11.8 Å². The van der Waals surface area contributed by atoms with Crippen molar-refractivity contribution in [1.29, 1.82) is 0 Å². The van der Waals surface area contributed by atoms with Gasteiger partial charge in [-0.25, -0.2) is 0 Å². The zero-order chi connectivity index (χ0) is 13.5. The number of carbonyl (C=O) groups is 2. The summed E-state index contributed by atoms with van der Waals surface area (Å²) in [6.45, 7) is 1.39. The molecule has 5 heteroatoms. The second-order valence-electron chi connectivity index (χ2n) is 3.92. The van der Waals surface area contributed by atoms with E-state index in [4.69, 9.17) is 4.74 Å². The Labute approximate surface area is 107 Å². The van der Waals surface area contributed by atoms with Gasteiger partial charge >= 0.3 is 0 Å². The molecule has 1 aromatic rings. The van der Waals surface area contributed by atoms with Gasteiger partial charge in [-0.2, -0.15) is 0 Å². The van der Waals surface area contributed by atoms with Crippen LogP contribution < -0.4 is 15.4 Å². The van der Waals surface area contributed by atoms with Gasteiger partial charge in [0.25, 0.3) is 0 Å². The maximum absolute atomic E-state index is 11.6. The fourth-order valence-corrected chi connectivity index (χ4v) is 1.63. The molecule has 0 radical (unpaired) electrons. The molecule has 0 fully saturated rings. The van der Waals surface area contributed by atoms with Crippen LogP contribution in [0.2, 0.25) is 0 Å². The lowest BCUT2D eigenvalue weighted by atomic mass is 10.1. The van der Waals surface area contributed by atoms with Crippen LogP contribution >= 0.6 is 0 Å². The van der Waals surface area contributed by atoms with E-state index in [0.717, 1.165) is 11.3 Å². The van der Waals surface area contributed by atoms with Gasteiger partial charge in [0.2, 0.25) is 11.8 Å². The highest BCUT2D eigenvalue weighted by Gasteiger charge is 2.18. The number of hydrogen-bond acceptors (Lipinski definition) is 3. The fraction of sp³-hybridized carbons (Fsp3) is 0.385. The fourth-order valence-electron chi connectivity index (χ4n) is 1.63. The molecule has 0 aliphatic rings. The second-order valence-corrected chi connectivity index (χ2v) is 3.92. The molecule has 0 saturated carbocycles. The van der Waals surface area contributed by atoms with Gasteiger partial charge < -0.3 is 15.4 Å². The summed E-state index contributed by atoms with van der Waals surface area (Å²) >= 11 is 0. The average molecular weight is 250 g/mol. The smallest absolute Gasteiger partial charge is 0.242 e. The minimum atomic E-state index is -0.555. The third-order valence-electron chi connectivity index (χ3n) is 2.54. The first-order valence-electron chi connectivity index (χ1n) is 5.68. The second kappa shape index (κ2) is 6.64. The SMILES string of the molecule is CNC(=O)[C@H](Cc1ccc(OC)cc1)NC(C)=O. The van der Waals surface area contributed by atoms with Crippen molar-refractivity contribution in [1.82, 2.24) is 10.6 Å². The lowest BCUT2D eigenvalue weighted by Gasteiger charge is -2.16. The van der Waals surface area contributed by atoms with Crippen LogP contribution in [-0.2, 0) is 16.0 Å². The molecule has 0 aliphatic heterocycles. The largest absolute Gasteiger partial charge is 0.497 e. The van der Waals surface area contributed by atoms with E-state index in [2.05, 4.69) is 10.6 Å². The van der Waals surface area contributed by atoms with Crippen LogP contribution in [0.25, 0.3) is 0 Å². The first-order chi connectivity index (χ1) is 8.56. The Morgan fingerprint density at radius 3 is 2.33 bits per heavy atom. The van der Waals surface area contributed by atoms with Crippen LogP contribution in [0.15, 0.2) is 24.3 Å². The number of rotatable bonds is 5. The lowest BCUT2D eigenvalue weighted by molar-refractivity contribution is -0.127. The molecule has 0 heterocycles. The predicted molar refractivity (Wildman–Crippen MR) is 68.4 cm³/mol. The van der Waals surface area contributed by atoms with Crippen LogP contribution in [0, 0.1) is 0 Å². The first kappa shape index (κ1) is 14.0. The maximum atomic E-state index is 11.6. The Bertz CT molecular complexity index is 415. The predicted octanol–water partition coefficient (Wildman–Crippen LogP) is 0.488. The molecule has 18 heavy (non-hydrogen) atoms. The van der Waals surface area contributed by atoms with Gasteiger partial charge in [0.1, 0.15) is 11.8 Å². The summed E-state index contributed by atoms with van der Waals surface area (Å²) in [5.74, 6) is 0.327. The van der Waals surface area contributed by atoms with Crippen LogP contribution in [-0.4, -0.2) is 32.0 Å². The molecule has 1 aromatic carbocycles. The van der Waals surface area contributed by atoms with E-state index in [0.29, 0.717) is 6.42 Å². The summed E-state index contributed by atoms with van der Waals surface area (Å²) < 4.78 is 5.06. The average Bonchev–Trinajstić information content (AvgIpc) is 2.37. The van der Waals surface area contributed by atoms with Crippen LogP contribution in [0.4, 0.5) is 0 Å². The molecule has 2 N–H and O–H groups in total. The number of benzene rings is 1. The van der Waals surface area contributed by atoms with Gasteiger partial charge in [-0.05, 0) is 17.7 Å². The number of carbonyl (C=O) groups excluding carboxylic acids is 2. The van der Waals surface area contributed by atoms with Gasteiger partial charge in [-0.3, -0.25) is 9.59 Å². The lowest BCUT2D eigenvalue weighted by Crippen LogP contribution is -2.46. The monoisotopic (exact) mass is 250 g/mol. The zero-order valence-electron chi connectivity index (χ0n) is 10.8. The van der Waals surface area contributed by atoms with Crippen molar-refractivity contribution in [3.05, 3.63) is 29.8 Å². The number of ether oxygens (including phenoxy) is 1. The minimum Gasteiger partial charge on any atom is -0.497 e. The molecule has 0 saturated heterocycles. The Hall–Kier alpha value is -2.04. The topological polar surface area (TPSA) is 67.4 Å². The molecule has 0 bridgehead atoms. The summed E-state index contributed by atoms with van der Waals surface area (Å²) in [6.07, 6.45) is 0.448. The Morgan fingerprint density at radius 2 is 1.89 bits per heavy atom. The highest BCUT2D eigenvalue weighted by atomic mass is 16.5. The minimum absolute atomic E-state index is 0.207. The standard InChI is InChI=1S/C13H18N2O3/c1-9(16)15-12(13(17)14-2)8-10-4-6-11(18-3)7-5-10/h4-7,12H,8H2,1-3H3,(H,14,17)(H,15,16)/t12-/m0/s1. The summed E-state index contributed by atoms with van der Waals surface area (Å²) in [5, 5.41) is 5.16. The summed E-state index contributed by atoms with van der Waals surface area (Å²) in [5.41, 5.74) is 0.957. The Balaban J connectivity index is 2.75. The Morgan fingerprint density at radius 1 is 1.28 bits per heavy atom. The van der Waals surface area contributed by atoms with Crippen molar-refractivity contribution in [3.63, 3.8) is 0 Å². The Kier molecular flexibility index (Phi) is 5.17. The van der Waals surface area contributed by atoms with Crippen LogP contribution in [0.3, 0.4) is 0 Å². The quantitative estimate of drug-likeness (QED) is 0.799. The molecular formula is C13H18N2O3. The van der Waals surface area contributed by atoms with Crippen molar-refractivity contribution < 1.29 is 14.3 Å². The summed E-state index contributed by atoms with van der Waals surface area (Å²) in [4.78, 5) is 22.7. The highest BCUT2D eigenvalue weighted by molar-refractivity contribution is 5.86. The molecule has 0 aliphatic carbocycles. The number of amides is 2. The molecule has 5 nitrogen and oxygen atoms in total. The van der Waals surface area contributed by atoms with E-state index in [9.17, 15) is 9.59 Å². The van der Waals surface area contributed by atoms with Gasteiger partial charge in [-0.1, -0.05) is 12.1 Å². The molecular weight excluding hydrogens is 232 g/mol. The number of methoxy groups -OCH3 is 1. The van der Waals surface area contributed by atoms with Crippen molar-refractivity contribution in [2.45, 2.75) is 19.4 Å². The van der Waals surface area contributed by atoms with E-state index in [1.54, 1.807) is 14.2 Å². The third kappa shape index (κ3) is 4.08. The summed E-state index contributed by atoms with van der Waals surface area (Å²) in [6, 6.07) is 6.84. The molecule has 98 valence electrons. The van der Waals surface area contributed by atoms with Crippen LogP contribution in [0.5, 0.6) is 5.75 Å². The number of likely N-dealkylation sites (N-methyl/N-ethyl adjacent to an activating group) is 1. The molecule has 0 spiro atoms. The van der Waals surface area contributed by atoms with Gasteiger partial charge in [-0.15, -0.1) is 0 Å². The normalized spacial score (nSPS) is 11.5. The van der Waals surface area contributed by atoms with Crippen molar-refractivity contribution in [2.75, 3.05) is 14.2 Å². The summed E-state index contributed by atoms with van der Waals surface area (Å²) in [7, 11) is 3.14. The molecule has 1 rings (SSSR count).